The van der Waals surface area contributed by atoms with Crippen molar-refractivity contribution in [3.05, 3.63) is 56.9 Å². The van der Waals surface area contributed by atoms with Gasteiger partial charge in [0.05, 0.1) is 22.6 Å². The molecule has 1 aromatic heterocycles. The van der Waals surface area contributed by atoms with E-state index in [0.29, 0.717) is 5.88 Å². The highest BCUT2D eigenvalue weighted by Crippen LogP contribution is 2.27. The molecule has 0 aliphatic heterocycles. The highest BCUT2D eigenvalue weighted by Gasteiger charge is 2.14. The number of alkyl halides is 1. The number of imidazole rings is 1. The van der Waals surface area contributed by atoms with Crippen molar-refractivity contribution in [1.82, 2.24) is 9.55 Å². The second kappa shape index (κ2) is 5.37. The fourth-order valence-corrected chi connectivity index (χ4v) is 3.09. The van der Waals surface area contributed by atoms with E-state index in [9.17, 15) is 0 Å². The second-order valence-electron chi connectivity index (χ2n) is 4.85. The topological polar surface area (TPSA) is 17.8 Å². The average Bonchev–Trinajstić information content (AvgIpc) is 2.79. The van der Waals surface area contributed by atoms with Gasteiger partial charge >= 0.3 is 0 Å². The Morgan fingerprint density at radius 1 is 1.20 bits per heavy atom. The monoisotopic (exact) mass is 396 g/mol. The van der Waals surface area contributed by atoms with E-state index in [1.165, 1.54) is 14.7 Å². The fraction of sp³-hybridized carbons (Fsp3) is 0.188. The predicted octanol–water partition coefficient (Wildman–Crippen LogP) is 4.99. The molecule has 0 unspecified atom stereocenters. The molecule has 0 bridgehead atoms. The van der Waals surface area contributed by atoms with Gasteiger partial charge in [-0.3, -0.25) is 4.57 Å². The number of aromatic nitrogens is 2. The van der Waals surface area contributed by atoms with Crippen LogP contribution in [0.2, 0.25) is 0 Å². The molecule has 20 heavy (non-hydrogen) atoms. The summed E-state index contributed by atoms with van der Waals surface area (Å²) in [5, 5.41) is 0. The van der Waals surface area contributed by atoms with E-state index >= 15 is 0 Å². The van der Waals surface area contributed by atoms with Crippen molar-refractivity contribution in [3.8, 4) is 5.69 Å². The lowest BCUT2D eigenvalue weighted by Gasteiger charge is -2.13. The molecule has 2 aromatic carbocycles. The lowest BCUT2D eigenvalue weighted by Crippen LogP contribution is -2.02. The van der Waals surface area contributed by atoms with Crippen molar-refractivity contribution in [1.29, 1.82) is 0 Å². The first-order valence-corrected chi connectivity index (χ1v) is 8.02. The molecule has 1 heterocycles. The number of rotatable bonds is 2. The van der Waals surface area contributed by atoms with Crippen LogP contribution in [0.3, 0.4) is 0 Å². The maximum Gasteiger partial charge on any atom is 0.129 e. The third-order valence-electron chi connectivity index (χ3n) is 3.62. The van der Waals surface area contributed by atoms with Crippen LogP contribution in [-0.2, 0) is 5.88 Å². The Kier molecular flexibility index (Phi) is 3.73. The van der Waals surface area contributed by atoms with Crippen LogP contribution >= 0.6 is 34.2 Å². The molecule has 2 nitrogen and oxygen atoms in total. The fourth-order valence-electron chi connectivity index (χ4n) is 2.44. The smallest absolute Gasteiger partial charge is 0.129 e. The summed E-state index contributed by atoms with van der Waals surface area (Å²) in [7, 11) is 0. The lowest BCUT2D eigenvalue weighted by molar-refractivity contribution is 0.969. The first kappa shape index (κ1) is 13.9. The Morgan fingerprint density at radius 3 is 2.75 bits per heavy atom. The summed E-state index contributed by atoms with van der Waals surface area (Å²) in [6.07, 6.45) is 0. The molecule has 0 radical (unpaired) electrons. The molecule has 0 aliphatic carbocycles. The minimum absolute atomic E-state index is 0.401. The van der Waals surface area contributed by atoms with Crippen molar-refractivity contribution < 1.29 is 0 Å². The predicted molar refractivity (Wildman–Crippen MR) is 92.8 cm³/mol. The third kappa shape index (κ3) is 2.23. The van der Waals surface area contributed by atoms with Crippen LogP contribution in [0, 0.1) is 17.4 Å². The van der Waals surface area contributed by atoms with E-state index in [1.807, 2.05) is 0 Å². The maximum atomic E-state index is 6.10. The van der Waals surface area contributed by atoms with Gasteiger partial charge in [-0.05, 0) is 71.8 Å². The summed E-state index contributed by atoms with van der Waals surface area (Å²) >= 11 is 8.41. The molecule has 0 saturated heterocycles. The van der Waals surface area contributed by atoms with Gasteiger partial charge in [-0.1, -0.05) is 12.1 Å². The van der Waals surface area contributed by atoms with Gasteiger partial charge in [0.1, 0.15) is 5.82 Å². The first-order valence-electron chi connectivity index (χ1n) is 6.41. The number of hydrogen-bond acceptors (Lipinski definition) is 1. The zero-order chi connectivity index (χ0) is 14.3. The van der Waals surface area contributed by atoms with Crippen LogP contribution in [-0.4, -0.2) is 9.55 Å². The molecule has 0 aliphatic rings. The van der Waals surface area contributed by atoms with Crippen LogP contribution in [0.5, 0.6) is 0 Å². The number of fused-ring (bicyclic) bond motifs is 1. The SMILES string of the molecule is Cc1cccc(-n2c(CCl)nc3cc(I)ccc32)c1C. The van der Waals surface area contributed by atoms with Gasteiger partial charge in [-0.25, -0.2) is 4.98 Å². The quantitative estimate of drug-likeness (QED) is 0.441. The molecule has 4 heteroatoms. The summed E-state index contributed by atoms with van der Waals surface area (Å²) in [6, 6.07) is 12.6. The zero-order valence-electron chi connectivity index (χ0n) is 11.3. The van der Waals surface area contributed by atoms with Crippen molar-refractivity contribution in [2.45, 2.75) is 19.7 Å². The summed E-state index contributed by atoms with van der Waals surface area (Å²) in [5.74, 6) is 1.29. The largest absolute Gasteiger partial charge is 0.295 e. The minimum atomic E-state index is 0.401. The van der Waals surface area contributed by atoms with E-state index in [1.54, 1.807) is 0 Å². The molecule has 0 N–H and O–H groups in total. The van der Waals surface area contributed by atoms with Gasteiger partial charge in [0, 0.05) is 3.57 Å². The van der Waals surface area contributed by atoms with Crippen molar-refractivity contribution in [2.75, 3.05) is 0 Å². The summed E-state index contributed by atoms with van der Waals surface area (Å²) in [5.41, 5.74) is 5.79. The standard InChI is InChI=1S/C16H14ClIN2/c1-10-4-3-5-14(11(10)2)20-15-7-6-12(18)8-13(15)19-16(20)9-17/h3-8H,9H2,1-2H3. The molecule has 0 spiro atoms. The van der Waals surface area contributed by atoms with Gasteiger partial charge in [0.25, 0.3) is 0 Å². The van der Waals surface area contributed by atoms with Crippen molar-refractivity contribution in [2.24, 2.45) is 0 Å². The minimum Gasteiger partial charge on any atom is -0.295 e. The van der Waals surface area contributed by atoms with Gasteiger partial charge in [0.15, 0.2) is 0 Å². The van der Waals surface area contributed by atoms with E-state index in [2.05, 4.69) is 82.4 Å². The van der Waals surface area contributed by atoms with Crippen LogP contribution in [0.4, 0.5) is 0 Å². The number of hydrogen-bond donors (Lipinski definition) is 0. The Labute approximate surface area is 136 Å². The molecule has 0 saturated carbocycles. The molecular formula is C16H14ClIN2. The van der Waals surface area contributed by atoms with Crippen LogP contribution in [0.25, 0.3) is 16.7 Å². The van der Waals surface area contributed by atoms with Crippen LogP contribution in [0.1, 0.15) is 17.0 Å². The van der Waals surface area contributed by atoms with E-state index < -0.39 is 0 Å². The number of aryl methyl sites for hydroxylation is 1. The first-order chi connectivity index (χ1) is 9.61. The molecule has 102 valence electrons. The highest BCUT2D eigenvalue weighted by atomic mass is 127. The van der Waals surface area contributed by atoms with Crippen LogP contribution in [0.15, 0.2) is 36.4 Å². The second-order valence-corrected chi connectivity index (χ2v) is 6.36. The van der Waals surface area contributed by atoms with E-state index in [4.69, 9.17) is 11.6 Å². The highest BCUT2D eigenvalue weighted by molar-refractivity contribution is 14.1. The summed E-state index contributed by atoms with van der Waals surface area (Å²) < 4.78 is 3.35. The van der Waals surface area contributed by atoms with Crippen molar-refractivity contribution in [3.63, 3.8) is 0 Å². The Morgan fingerprint density at radius 2 is 2.00 bits per heavy atom. The summed E-state index contributed by atoms with van der Waals surface area (Å²) in [6.45, 7) is 4.27. The zero-order valence-corrected chi connectivity index (χ0v) is 14.2. The number of halogens is 2. The normalized spacial score (nSPS) is 11.2. The number of benzene rings is 2. The van der Waals surface area contributed by atoms with Crippen LogP contribution < -0.4 is 0 Å². The van der Waals surface area contributed by atoms with Gasteiger partial charge in [0.2, 0.25) is 0 Å². The molecule has 3 aromatic rings. The Hall–Kier alpha value is -1.07. The molecule has 3 rings (SSSR count). The van der Waals surface area contributed by atoms with E-state index in [0.717, 1.165) is 22.5 Å². The third-order valence-corrected chi connectivity index (χ3v) is 4.53. The Balaban J connectivity index is 2.37. The molecular weight excluding hydrogens is 383 g/mol. The average molecular weight is 397 g/mol. The van der Waals surface area contributed by atoms with Gasteiger partial charge < -0.3 is 0 Å². The molecule has 0 fully saturated rings. The summed E-state index contributed by atoms with van der Waals surface area (Å²) in [4.78, 5) is 4.67. The number of nitrogens with zero attached hydrogens (tertiary/aromatic N) is 2. The van der Waals surface area contributed by atoms with Crippen molar-refractivity contribution >= 4 is 45.2 Å². The lowest BCUT2D eigenvalue weighted by atomic mass is 10.1. The van der Waals surface area contributed by atoms with Gasteiger partial charge in [-0.15, -0.1) is 11.6 Å². The Bertz CT molecular complexity index is 793. The molecule has 0 amide bonds. The van der Waals surface area contributed by atoms with E-state index in [-0.39, 0.29) is 0 Å². The molecule has 0 atom stereocenters. The van der Waals surface area contributed by atoms with Gasteiger partial charge in [-0.2, -0.15) is 0 Å². The maximum absolute atomic E-state index is 6.10.